The summed E-state index contributed by atoms with van der Waals surface area (Å²) in [7, 11) is -2.02. The molecule has 1 aliphatic rings. The number of rotatable bonds is 0. The van der Waals surface area contributed by atoms with Crippen molar-refractivity contribution in [3.8, 4) is 0 Å². The molecule has 0 N–H and O–H groups in total. The molecule has 0 atom stereocenters. The third-order valence-corrected chi connectivity index (χ3v) is 6.16. The van der Waals surface area contributed by atoms with Gasteiger partial charge in [0.2, 0.25) is 5.91 Å². The van der Waals surface area contributed by atoms with Crippen molar-refractivity contribution in [1.29, 1.82) is 0 Å². The second kappa shape index (κ2) is 3.68. The Balaban J connectivity index is 2.86. The summed E-state index contributed by atoms with van der Waals surface area (Å²) in [5.41, 5.74) is 0.453. The van der Waals surface area contributed by atoms with E-state index in [2.05, 4.69) is 22.6 Å². The fraction of sp³-hybridized carbons (Fsp3) is 0.364. The summed E-state index contributed by atoms with van der Waals surface area (Å²) in [4.78, 5) is 13.7. The molecule has 0 saturated heterocycles. The maximum Gasteiger partial charge on any atom is 0.248 e. The molecule has 1 aliphatic heterocycles. The van der Waals surface area contributed by atoms with Gasteiger partial charge in [0.05, 0.1) is 10.6 Å². The molecule has 4 nitrogen and oxygen atoms in total. The lowest BCUT2D eigenvalue weighted by molar-refractivity contribution is -0.120. The number of fused-ring (bicyclic) bond motifs is 1. The van der Waals surface area contributed by atoms with E-state index in [0.29, 0.717) is 5.69 Å². The monoisotopic (exact) mass is 365 g/mol. The minimum Gasteiger partial charge on any atom is -0.313 e. The van der Waals surface area contributed by atoms with Crippen molar-refractivity contribution in [2.75, 3.05) is 11.9 Å². The summed E-state index contributed by atoms with van der Waals surface area (Å²) >= 11 is 2.06. The van der Waals surface area contributed by atoms with Crippen molar-refractivity contribution in [1.82, 2.24) is 0 Å². The van der Waals surface area contributed by atoms with Crippen molar-refractivity contribution in [3.63, 3.8) is 0 Å². The molecule has 0 aliphatic carbocycles. The molecule has 1 heterocycles. The molecule has 0 fully saturated rings. The quantitative estimate of drug-likeness (QED) is 0.659. The van der Waals surface area contributed by atoms with Gasteiger partial charge in [-0.3, -0.25) is 4.79 Å². The molecule has 0 unspecified atom stereocenters. The summed E-state index contributed by atoms with van der Waals surface area (Å²) < 4.78 is 24.2. The summed E-state index contributed by atoms with van der Waals surface area (Å²) in [6.45, 7) is 2.90. The number of amides is 1. The van der Waals surface area contributed by atoms with Crippen LogP contribution in [0.1, 0.15) is 13.8 Å². The topological polar surface area (TPSA) is 54.5 Å². The van der Waals surface area contributed by atoms with Crippen LogP contribution in [-0.4, -0.2) is 26.1 Å². The summed E-state index contributed by atoms with van der Waals surface area (Å²) in [5, 5.41) is 0. The minimum absolute atomic E-state index is 0.233. The average molecular weight is 365 g/mol. The van der Waals surface area contributed by atoms with E-state index in [1.807, 2.05) is 0 Å². The van der Waals surface area contributed by atoms with Crippen molar-refractivity contribution in [2.45, 2.75) is 23.5 Å². The highest BCUT2D eigenvalue weighted by Gasteiger charge is 2.50. The maximum atomic E-state index is 12.4. The zero-order valence-corrected chi connectivity index (χ0v) is 12.7. The molecular weight excluding hydrogens is 353 g/mol. The molecule has 0 saturated carbocycles. The van der Waals surface area contributed by atoms with Crippen LogP contribution in [0.3, 0.4) is 0 Å². The second-order valence-electron chi connectivity index (χ2n) is 4.49. The van der Waals surface area contributed by atoms with Crippen molar-refractivity contribution < 1.29 is 13.2 Å². The maximum absolute atomic E-state index is 12.4. The van der Waals surface area contributed by atoms with Gasteiger partial charge in [-0.05, 0) is 54.6 Å². The number of carbonyl (C=O) groups excluding carboxylic acids is 1. The van der Waals surface area contributed by atoms with Crippen LogP contribution in [0.4, 0.5) is 5.69 Å². The largest absolute Gasteiger partial charge is 0.313 e. The molecule has 6 heteroatoms. The van der Waals surface area contributed by atoms with E-state index < -0.39 is 20.5 Å². The van der Waals surface area contributed by atoms with Crippen LogP contribution in [0.15, 0.2) is 23.1 Å². The molecule has 1 aromatic rings. The lowest BCUT2D eigenvalue weighted by Gasteiger charge is -2.35. The number of sulfone groups is 1. The number of halogens is 1. The van der Waals surface area contributed by atoms with Crippen molar-refractivity contribution in [2.24, 2.45) is 0 Å². The Hall–Kier alpha value is -0.630. The molecule has 1 aromatic carbocycles. The summed E-state index contributed by atoms with van der Waals surface area (Å²) in [5.74, 6) is -0.397. The Morgan fingerprint density at radius 3 is 2.47 bits per heavy atom. The van der Waals surface area contributed by atoms with Crippen molar-refractivity contribution in [3.05, 3.63) is 21.8 Å². The highest BCUT2D eigenvalue weighted by atomic mass is 127. The Kier molecular flexibility index (Phi) is 2.77. The molecule has 92 valence electrons. The molecular formula is C11H12INO3S. The van der Waals surface area contributed by atoms with Gasteiger partial charge in [-0.2, -0.15) is 0 Å². The fourth-order valence-corrected chi connectivity index (χ4v) is 4.26. The van der Waals surface area contributed by atoms with Gasteiger partial charge < -0.3 is 4.90 Å². The molecule has 0 bridgehead atoms. The Labute approximate surface area is 114 Å². The van der Waals surface area contributed by atoms with E-state index in [9.17, 15) is 13.2 Å². The van der Waals surface area contributed by atoms with Crippen LogP contribution < -0.4 is 4.90 Å². The first-order valence-corrected chi connectivity index (χ1v) is 7.58. The number of carbonyl (C=O) groups is 1. The van der Waals surface area contributed by atoms with Crippen LogP contribution in [0.25, 0.3) is 0 Å². The van der Waals surface area contributed by atoms with E-state index in [1.165, 1.54) is 18.7 Å². The first-order valence-electron chi connectivity index (χ1n) is 5.02. The third-order valence-electron chi connectivity index (χ3n) is 3.06. The molecule has 0 spiro atoms. The normalized spacial score (nSPS) is 21.2. The number of hydrogen-bond donors (Lipinski definition) is 0. The van der Waals surface area contributed by atoms with Gasteiger partial charge in [0.15, 0.2) is 9.84 Å². The fourth-order valence-electron chi connectivity index (χ4n) is 1.88. The van der Waals surface area contributed by atoms with Crippen LogP contribution in [0, 0.1) is 3.57 Å². The Morgan fingerprint density at radius 1 is 1.29 bits per heavy atom. The van der Waals surface area contributed by atoms with Gasteiger partial charge in [0.25, 0.3) is 0 Å². The van der Waals surface area contributed by atoms with E-state index in [1.54, 1.807) is 25.2 Å². The number of hydrogen-bond acceptors (Lipinski definition) is 3. The average Bonchev–Trinajstić information content (AvgIpc) is 2.25. The number of anilines is 1. The van der Waals surface area contributed by atoms with E-state index in [-0.39, 0.29) is 4.90 Å². The Morgan fingerprint density at radius 2 is 1.88 bits per heavy atom. The van der Waals surface area contributed by atoms with E-state index in [0.717, 1.165) is 3.57 Å². The molecule has 0 radical (unpaired) electrons. The van der Waals surface area contributed by atoms with Crippen LogP contribution in [-0.2, 0) is 14.6 Å². The molecule has 0 aromatic heterocycles. The smallest absolute Gasteiger partial charge is 0.248 e. The summed E-state index contributed by atoms with van der Waals surface area (Å²) in [6.07, 6.45) is 0. The predicted molar refractivity (Wildman–Crippen MR) is 73.8 cm³/mol. The predicted octanol–water partition coefficient (Wildman–Crippen LogP) is 1.82. The van der Waals surface area contributed by atoms with Crippen LogP contribution >= 0.6 is 22.6 Å². The SMILES string of the molecule is CN1C(=O)C(C)(C)S(=O)(=O)c2cc(I)ccc21. The lowest BCUT2D eigenvalue weighted by atomic mass is 10.1. The van der Waals surface area contributed by atoms with Gasteiger partial charge >= 0.3 is 0 Å². The standard InChI is InChI=1S/C11H12INO3S/c1-11(2)10(14)13(3)8-5-4-7(12)6-9(8)17(11,15)16/h4-6H,1-3H3. The van der Waals surface area contributed by atoms with Crippen molar-refractivity contribution >= 4 is 44.0 Å². The first-order chi connectivity index (χ1) is 7.69. The molecule has 2 rings (SSSR count). The van der Waals surface area contributed by atoms with Gasteiger partial charge in [-0.15, -0.1) is 0 Å². The third kappa shape index (κ3) is 1.61. The number of nitrogens with zero attached hydrogens (tertiary/aromatic N) is 1. The van der Waals surface area contributed by atoms with Crippen LogP contribution in [0.5, 0.6) is 0 Å². The van der Waals surface area contributed by atoms with Gasteiger partial charge in [-0.25, -0.2) is 8.42 Å². The highest BCUT2D eigenvalue weighted by molar-refractivity contribution is 14.1. The molecule has 1 amide bonds. The molecule has 17 heavy (non-hydrogen) atoms. The minimum atomic E-state index is -3.62. The zero-order chi connectivity index (χ0) is 13.0. The number of benzene rings is 1. The zero-order valence-electron chi connectivity index (χ0n) is 9.69. The van der Waals surface area contributed by atoms with E-state index in [4.69, 9.17) is 0 Å². The second-order valence-corrected chi connectivity index (χ2v) is 8.20. The Bertz CT molecular complexity index is 607. The first kappa shape index (κ1) is 12.8. The van der Waals surface area contributed by atoms with Gasteiger partial charge in [0, 0.05) is 10.6 Å². The summed E-state index contributed by atoms with van der Waals surface area (Å²) in [6, 6.07) is 5.06. The van der Waals surface area contributed by atoms with Gasteiger partial charge in [-0.1, -0.05) is 0 Å². The van der Waals surface area contributed by atoms with E-state index >= 15 is 0 Å². The van der Waals surface area contributed by atoms with Crippen LogP contribution in [0.2, 0.25) is 0 Å². The lowest BCUT2D eigenvalue weighted by Crippen LogP contribution is -2.52. The van der Waals surface area contributed by atoms with Gasteiger partial charge in [0.1, 0.15) is 4.75 Å². The highest BCUT2D eigenvalue weighted by Crippen LogP contribution is 2.39.